The molecule has 146 valence electrons. The van der Waals surface area contributed by atoms with Crippen molar-refractivity contribution in [2.75, 3.05) is 0 Å². The van der Waals surface area contributed by atoms with Crippen LogP contribution in [-0.4, -0.2) is 33.8 Å². The number of alkyl halides is 10. The van der Waals surface area contributed by atoms with Crippen molar-refractivity contribution in [3.05, 3.63) is 24.3 Å². The van der Waals surface area contributed by atoms with Gasteiger partial charge in [0.1, 0.15) is 11.5 Å². The molecule has 0 bridgehead atoms. The first-order valence-corrected chi connectivity index (χ1v) is 7.07. The van der Waals surface area contributed by atoms with E-state index in [2.05, 4.69) is 9.47 Å². The van der Waals surface area contributed by atoms with E-state index in [1.54, 1.807) is 0 Å². The van der Waals surface area contributed by atoms with Gasteiger partial charge in [0, 0.05) is 6.07 Å². The maximum absolute atomic E-state index is 13.2. The molecule has 1 aromatic carbocycles. The molecule has 0 unspecified atom stereocenters. The van der Waals surface area contributed by atoms with Gasteiger partial charge in [-0.1, -0.05) is 40.9 Å². The van der Waals surface area contributed by atoms with Crippen LogP contribution in [-0.2, 0) is 9.59 Å². The number of hydrogen-bond acceptors (Lipinski definition) is 4. The predicted octanol–water partition coefficient (Wildman–Crippen LogP) is 4.70. The first-order valence-electron chi connectivity index (χ1n) is 5.94. The third kappa shape index (κ3) is 4.83. The van der Waals surface area contributed by atoms with Crippen LogP contribution in [0.25, 0.3) is 0 Å². The zero-order chi connectivity index (χ0) is 20.6. The maximum Gasteiger partial charge on any atom is 0.460 e. The monoisotopic (exact) mass is 450 g/mol. The summed E-state index contributed by atoms with van der Waals surface area (Å²) in [5.74, 6) is -19.0. The summed E-state index contributed by atoms with van der Waals surface area (Å²) in [5.41, 5.74) is 0. The standard InChI is InChI=1S/C12H4Cl3F7O4/c13-10(14,15)8(24)26-6-3-1-2-5(4-6)25-7(23)9(16,17)11(18,19)12(20,21)22/h1-4H. The van der Waals surface area contributed by atoms with E-state index < -0.39 is 45.3 Å². The van der Waals surface area contributed by atoms with Crippen molar-refractivity contribution in [1.82, 2.24) is 0 Å². The van der Waals surface area contributed by atoms with Crippen molar-refractivity contribution in [2.24, 2.45) is 0 Å². The smallest absolute Gasteiger partial charge is 0.423 e. The molecule has 0 aromatic heterocycles. The zero-order valence-corrected chi connectivity index (χ0v) is 14.0. The Labute approximate surface area is 154 Å². The number of rotatable bonds is 4. The SMILES string of the molecule is O=C(Oc1cccc(OC(=O)C(F)(F)C(F)(F)C(F)(F)F)c1)C(Cl)(Cl)Cl. The molecule has 1 aromatic rings. The molecule has 0 spiro atoms. The number of hydrogen-bond donors (Lipinski definition) is 0. The molecule has 1 rings (SSSR count). The topological polar surface area (TPSA) is 52.6 Å². The van der Waals surface area contributed by atoms with E-state index in [4.69, 9.17) is 34.8 Å². The minimum absolute atomic E-state index is 0.536. The summed E-state index contributed by atoms with van der Waals surface area (Å²) < 4.78 is 93.6. The summed E-state index contributed by atoms with van der Waals surface area (Å²) in [5, 5.41) is 0. The first-order chi connectivity index (χ1) is 11.5. The molecule has 14 heteroatoms. The lowest BCUT2D eigenvalue weighted by Gasteiger charge is -2.26. The van der Waals surface area contributed by atoms with E-state index in [1.165, 1.54) is 0 Å². The van der Waals surface area contributed by atoms with Gasteiger partial charge in [-0.05, 0) is 12.1 Å². The molecule has 0 radical (unpaired) electrons. The van der Waals surface area contributed by atoms with Crippen molar-refractivity contribution in [3.63, 3.8) is 0 Å². The van der Waals surface area contributed by atoms with Crippen LogP contribution in [0.1, 0.15) is 0 Å². The van der Waals surface area contributed by atoms with Crippen molar-refractivity contribution in [2.45, 2.75) is 21.8 Å². The van der Waals surface area contributed by atoms with E-state index in [1.807, 2.05) is 0 Å². The van der Waals surface area contributed by atoms with Crippen LogP contribution >= 0.6 is 34.8 Å². The largest absolute Gasteiger partial charge is 0.460 e. The van der Waals surface area contributed by atoms with Gasteiger partial charge in [0.15, 0.2) is 0 Å². The second-order valence-corrected chi connectivity index (χ2v) is 6.68. The van der Waals surface area contributed by atoms with E-state index in [0.29, 0.717) is 6.07 Å². The average Bonchev–Trinajstić information content (AvgIpc) is 2.45. The fourth-order valence-electron chi connectivity index (χ4n) is 1.24. The van der Waals surface area contributed by atoms with E-state index in [-0.39, 0.29) is 0 Å². The normalized spacial score (nSPS) is 13.3. The highest BCUT2D eigenvalue weighted by atomic mass is 35.6. The van der Waals surface area contributed by atoms with Crippen LogP contribution in [0, 0.1) is 0 Å². The number of ether oxygens (including phenoxy) is 2. The third-order valence-corrected chi connectivity index (χ3v) is 2.93. The van der Waals surface area contributed by atoms with Gasteiger partial charge in [-0.15, -0.1) is 0 Å². The summed E-state index contributed by atoms with van der Waals surface area (Å²) >= 11 is 15.6. The van der Waals surface area contributed by atoms with Crippen LogP contribution in [0.4, 0.5) is 30.7 Å². The first kappa shape index (κ1) is 22.6. The summed E-state index contributed by atoms with van der Waals surface area (Å²) in [6.07, 6.45) is -6.71. The molecular formula is C12H4Cl3F7O4. The molecular weight excluding hydrogens is 447 g/mol. The molecule has 0 saturated carbocycles. The van der Waals surface area contributed by atoms with Gasteiger partial charge in [0.05, 0.1) is 0 Å². The van der Waals surface area contributed by atoms with Crippen LogP contribution in [0.15, 0.2) is 24.3 Å². The van der Waals surface area contributed by atoms with Gasteiger partial charge >= 0.3 is 30.0 Å². The lowest BCUT2D eigenvalue weighted by molar-refractivity contribution is -0.346. The van der Waals surface area contributed by atoms with Gasteiger partial charge in [0.2, 0.25) is 0 Å². The van der Waals surface area contributed by atoms with Crippen LogP contribution in [0.5, 0.6) is 11.5 Å². The van der Waals surface area contributed by atoms with Crippen LogP contribution < -0.4 is 9.47 Å². The molecule has 0 heterocycles. The Hall–Kier alpha value is -1.46. The molecule has 0 aliphatic carbocycles. The molecule has 4 nitrogen and oxygen atoms in total. The van der Waals surface area contributed by atoms with Crippen molar-refractivity contribution < 1.29 is 49.8 Å². The van der Waals surface area contributed by atoms with Gasteiger partial charge < -0.3 is 9.47 Å². The Bertz CT molecular complexity index is 701. The molecule has 0 aliphatic rings. The number of benzene rings is 1. The zero-order valence-electron chi connectivity index (χ0n) is 11.7. The maximum atomic E-state index is 13.2. The van der Waals surface area contributed by atoms with Crippen molar-refractivity contribution in [3.8, 4) is 11.5 Å². The Morgan fingerprint density at radius 2 is 1.23 bits per heavy atom. The highest BCUT2D eigenvalue weighted by Gasteiger charge is 2.77. The minimum atomic E-state index is -6.71. The quantitative estimate of drug-likeness (QED) is 0.288. The Morgan fingerprint density at radius 1 is 0.808 bits per heavy atom. The fourth-order valence-corrected chi connectivity index (χ4v) is 1.36. The molecule has 0 aliphatic heterocycles. The van der Waals surface area contributed by atoms with Crippen LogP contribution in [0.2, 0.25) is 0 Å². The van der Waals surface area contributed by atoms with E-state index in [9.17, 15) is 40.3 Å². The summed E-state index contributed by atoms with van der Waals surface area (Å²) in [7, 11) is 0. The third-order valence-electron chi connectivity index (χ3n) is 2.46. The number of esters is 2. The number of carbonyl (C=O) groups is 2. The van der Waals surface area contributed by atoms with Gasteiger partial charge in [0.25, 0.3) is 3.79 Å². The van der Waals surface area contributed by atoms with Gasteiger partial charge in [-0.2, -0.15) is 30.7 Å². The van der Waals surface area contributed by atoms with E-state index >= 15 is 0 Å². The fraction of sp³-hybridized carbons (Fsp3) is 0.333. The molecule has 0 atom stereocenters. The molecule has 26 heavy (non-hydrogen) atoms. The Kier molecular flexibility index (Phi) is 6.32. The van der Waals surface area contributed by atoms with E-state index in [0.717, 1.165) is 18.2 Å². The average molecular weight is 452 g/mol. The lowest BCUT2D eigenvalue weighted by Crippen LogP contribution is -2.57. The second-order valence-electron chi connectivity index (χ2n) is 4.40. The number of carbonyl (C=O) groups excluding carboxylic acids is 2. The second kappa shape index (κ2) is 7.28. The Morgan fingerprint density at radius 3 is 1.62 bits per heavy atom. The van der Waals surface area contributed by atoms with Gasteiger partial charge in [-0.25, -0.2) is 9.59 Å². The molecule has 0 N–H and O–H groups in total. The number of halogens is 10. The van der Waals surface area contributed by atoms with Crippen LogP contribution in [0.3, 0.4) is 0 Å². The molecule has 0 fully saturated rings. The van der Waals surface area contributed by atoms with Gasteiger partial charge in [-0.3, -0.25) is 0 Å². The predicted molar refractivity (Wildman–Crippen MR) is 74.0 cm³/mol. The summed E-state index contributed by atoms with van der Waals surface area (Å²) in [6.45, 7) is 0. The molecule has 0 saturated heterocycles. The summed E-state index contributed by atoms with van der Waals surface area (Å²) in [4.78, 5) is 22.4. The Balaban J connectivity index is 3.01. The lowest BCUT2D eigenvalue weighted by atomic mass is 10.1. The highest BCUT2D eigenvalue weighted by molar-refractivity contribution is 6.75. The minimum Gasteiger partial charge on any atom is -0.423 e. The van der Waals surface area contributed by atoms with Crippen molar-refractivity contribution >= 4 is 46.7 Å². The molecule has 0 amide bonds. The summed E-state index contributed by atoms with van der Waals surface area (Å²) in [6, 6.07) is 3.16. The van der Waals surface area contributed by atoms with Crippen molar-refractivity contribution in [1.29, 1.82) is 0 Å². The highest BCUT2D eigenvalue weighted by Crippen LogP contribution is 2.47.